The van der Waals surface area contributed by atoms with E-state index < -0.39 is 29.6 Å². The summed E-state index contributed by atoms with van der Waals surface area (Å²) in [5.74, 6) is -2.55. The zero-order chi connectivity index (χ0) is 35.1. The number of aromatic carboxylic acids is 1. The van der Waals surface area contributed by atoms with Crippen LogP contribution < -0.4 is 10.2 Å². The molecule has 0 unspecified atom stereocenters. The first-order chi connectivity index (χ1) is 24.1. The Morgan fingerprint density at radius 1 is 1.08 bits per heavy atom. The molecule has 0 bridgehead atoms. The lowest BCUT2D eigenvalue weighted by Gasteiger charge is -2.38. The van der Waals surface area contributed by atoms with Gasteiger partial charge in [0, 0.05) is 71.8 Å². The number of methoxy groups -OCH3 is 1. The van der Waals surface area contributed by atoms with E-state index in [4.69, 9.17) is 26.4 Å². The summed E-state index contributed by atoms with van der Waals surface area (Å²) in [5, 5.41) is 15.0. The molecule has 50 heavy (non-hydrogen) atoms. The Balaban J connectivity index is 1.12. The minimum atomic E-state index is -1.21. The molecule has 4 heterocycles. The number of urea groups is 1. The predicted octanol–water partition coefficient (Wildman–Crippen LogP) is 5.58. The molecular formula is C35H29ClF2N6O5S. The monoisotopic (exact) mass is 718 g/mol. The van der Waals surface area contributed by atoms with Crippen LogP contribution in [0.1, 0.15) is 27.0 Å². The Bertz CT molecular complexity index is 2060. The van der Waals surface area contributed by atoms with E-state index in [2.05, 4.69) is 15.2 Å². The maximum atomic E-state index is 14.7. The van der Waals surface area contributed by atoms with E-state index >= 15 is 0 Å². The molecule has 0 radical (unpaired) electrons. The van der Waals surface area contributed by atoms with Crippen molar-refractivity contribution < 1.29 is 33.0 Å². The van der Waals surface area contributed by atoms with Crippen LogP contribution in [-0.2, 0) is 9.53 Å². The Kier molecular flexibility index (Phi) is 9.07. The molecule has 2 N–H and O–H groups in total. The third-order valence-corrected chi connectivity index (χ3v) is 10.1. The summed E-state index contributed by atoms with van der Waals surface area (Å²) >= 11 is 7.85. The molecule has 2 atom stereocenters. The van der Waals surface area contributed by atoms with Crippen molar-refractivity contribution >= 4 is 52.4 Å². The number of carbonyl (C=O) groups is 3. The number of amides is 2. The molecule has 4 aromatic rings. The van der Waals surface area contributed by atoms with E-state index in [0.717, 1.165) is 6.07 Å². The third kappa shape index (κ3) is 6.32. The van der Waals surface area contributed by atoms with E-state index in [1.165, 1.54) is 48.8 Å². The maximum absolute atomic E-state index is 14.7. The second-order valence-electron chi connectivity index (χ2n) is 11.9. The minimum absolute atomic E-state index is 0.118. The number of hydrogen-bond donors (Lipinski definition) is 2. The topological polar surface area (TPSA) is 128 Å². The molecule has 3 aliphatic rings. The van der Waals surface area contributed by atoms with Gasteiger partial charge >= 0.3 is 18.0 Å². The molecule has 2 saturated heterocycles. The lowest BCUT2D eigenvalue weighted by Crippen LogP contribution is -2.53. The van der Waals surface area contributed by atoms with Crippen molar-refractivity contribution in [3.8, 4) is 11.1 Å². The van der Waals surface area contributed by atoms with Gasteiger partial charge in [0.05, 0.1) is 24.3 Å². The van der Waals surface area contributed by atoms with Crippen LogP contribution in [0.3, 0.4) is 0 Å². The Hall–Kier alpha value is -5.18. The Labute approximate surface area is 294 Å². The zero-order valence-corrected chi connectivity index (χ0v) is 28.0. The number of thiazole rings is 1. The summed E-state index contributed by atoms with van der Waals surface area (Å²) in [6, 6.07) is 13.4. The number of aromatic nitrogens is 1. The number of nitrogens with one attached hydrogen (secondary N) is 1. The number of fused-ring (bicyclic) bond motifs is 1. The fourth-order valence-corrected chi connectivity index (χ4v) is 7.38. The number of benzene rings is 3. The molecule has 2 fully saturated rings. The van der Waals surface area contributed by atoms with Crippen molar-refractivity contribution in [2.45, 2.75) is 12.1 Å². The number of amidine groups is 1. The molecule has 3 aromatic carbocycles. The summed E-state index contributed by atoms with van der Waals surface area (Å²) in [7, 11) is 1.28. The summed E-state index contributed by atoms with van der Waals surface area (Å²) < 4.78 is 33.9. The molecule has 3 aliphatic heterocycles. The van der Waals surface area contributed by atoms with Crippen LogP contribution >= 0.6 is 22.9 Å². The number of anilines is 1. The van der Waals surface area contributed by atoms with Gasteiger partial charge in [0.2, 0.25) is 0 Å². The van der Waals surface area contributed by atoms with E-state index in [0.29, 0.717) is 66.1 Å². The minimum Gasteiger partial charge on any atom is -0.478 e. The number of carbonyl (C=O) groups excluding carboxylic acids is 2. The number of carboxylic acid groups (broad SMARTS) is 1. The van der Waals surface area contributed by atoms with Crippen LogP contribution in [0.4, 0.5) is 19.3 Å². The van der Waals surface area contributed by atoms with E-state index in [9.17, 15) is 23.2 Å². The van der Waals surface area contributed by atoms with Crippen LogP contribution in [0, 0.1) is 11.6 Å². The first-order valence-corrected chi connectivity index (χ1v) is 16.8. The fraction of sp³-hybridized carbons (Fsp3) is 0.229. The van der Waals surface area contributed by atoms with Gasteiger partial charge in [-0.2, -0.15) is 0 Å². The number of halogens is 3. The fourth-order valence-electron chi connectivity index (χ4n) is 6.53. The van der Waals surface area contributed by atoms with E-state index in [1.54, 1.807) is 35.4 Å². The van der Waals surface area contributed by atoms with Crippen molar-refractivity contribution in [1.29, 1.82) is 0 Å². The molecule has 256 valence electrons. The van der Waals surface area contributed by atoms with Crippen molar-refractivity contribution in [3.63, 3.8) is 0 Å². The number of carboxylic acids is 1. The second kappa shape index (κ2) is 13.6. The average molecular weight is 719 g/mol. The first kappa shape index (κ1) is 33.3. The molecule has 1 aromatic heterocycles. The quantitative estimate of drug-likeness (QED) is 0.226. The van der Waals surface area contributed by atoms with Crippen LogP contribution in [0.5, 0.6) is 0 Å². The standard InChI is InChI=1S/C35H29ClF2N6O5S/c1-49-34(47)29-28(40-31(32-39-10-13-50-32)41-30(29)25-9-5-21(37)15-26(25)36)18-42-11-12-43-23(16-42)17-44(35(43)48)22-6-2-19(3-7-22)24-8-4-20(33(45)46)14-27(24)38/h2-10,13-15,23,30H,11-12,16-18H2,1H3,(H,40,41)(H,45,46)/t23-,30-/m0/s1. The van der Waals surface area contributed by atoms with Crippen LogP contribution in [0.25, 0.3) is 11.1 Å². The number of ether oxygens (including phenoxy) is 1. The Morgan fingerprint density at radius 2 is 1.88 bits per heavy atom. The smallest absolute Gasteiger partial charge is 0.338 e. The molecular weight excluding hydrogens is 690 g/mol. The average Bonchev–Trinajstić information content (AvgIpc) is 3.76. The predicted molar refractivity (Wildman–Crippen MR) is 183 cm³/mol. The van der Waals surface area contributed by atoms with Gasteiger partial charge in [-0.1, -0.05) is 35.9 Å². The number of nitrogens with zero attached hydrogens (tertiary/aromatic N) is 5. The van der Waals surface area contributed by atoms with Crippen molar-refractivity contribution in [1.82, 2.24) is 20.1 Å². The summed E-state index contributed by atoms with van der Waals surface area (Å²) in [5.41, 5.74) is 2.53. The Morgan fingerprint density at radius 3 is 2.56 bits per heavy atom. The van der Waals surface area contributed by atoms with Crippen LogP contribution in [0.2, 0.25) is 5.02 Å². The van der Waals surface area contributed by atoms with Crippen molar-refractivity contribution in [2.24, 2.45) is 4.99 Å². The van der Waals surface area contributed by atoms with Crippen LogP contribution in [-0.4, -0.2) is 89.6 Å². The largest absolute Gasteiger partial charge is 0.478 e. The SMILES string of the molecule is COC(=O)C1=C(CN2CCN3C(=O)N(c4ccc(-c5ccc(C(=O)O)cc5F)cc4)C[C@@H]3C2)NC(c2nccs2)=N[C@H]1c1ccc(F)cc1Cl. The molecule has 11 nitrogen and oxygen atoms in total. The summed E-state index contributed by atoms with van der Waals surface area (Å²) in [6.45, 7) is 2.18. The highest BCUT2D eigenvalue weighted by molar-refractivity contribution is 7.11. The zero-order valence-electron chi connectivity index (χ0n) is 26.5. The molecule has 7 rings (SSSR count). The first-order valence-electron chi connectivity index (χ1n) is 15.6. The summed E-state index contributed by atoms with van der Waals surface area (Å²) in [4.78, 5) is 52.9. The number of aliphatic imine (C=N–C) groups is 1. The lowest BCUT2D eigenvalue weighted by molar-refractivity contribution is -0.136. The third-order valence-electron chi connectivity index (χ3n) is 8.95. The van der Waals surface area contributed by atoms with Gasteiger partial charge in [-0.25, -0.2) is 28.1 Å². The second-order valence-corrected chi connectivity index (χ2v) is 13.2. The van der Waals surface area contributed by atoms with Gasteiger partial charge in [-0.15, -0.1) is 11.3 Å². The molecule has 2 amide bonds. The molecule has 0 spiro atoms. The van der Waals surface area contributed by atoms with Gasteiger partial charge < -0.3 is 20.1 Å². The maximum Gasteiger partial charge on any atom is 0.338 e. The number of hydrogen-bond acceptors (Lipinski definition) is 9. The van der Waals surface area contributed by atoms with Gasteiger partial charge in [-0.3, -0.25) is 14.8 Å². The van der Waals surface area contributed by atoms with Gasteiger partial charge in [0.25, 0.3) is 0 Å². The van der Waals surface area contributed by atoms with E-state index in [-0.39, 0.29) is 33.8 Å². The number of piperazine rings is 1. The molecule has 0 aliphatic carbocycles. The van der Waals surface area contributed by atoms with Crippen molar-refractivity contribution in [3.05, 3.63) is 116 Å². The highest BCUT2D eigenvalue weighted by Crippen LogP contribution is 2.37. The lowest BCUT2D eigenvalue weighted by atomic mass is 9.95. The van der Waals surface area contributed by atoms with E-state index in [1.807, 2.05) is 10.3 Å². The highest BCUT2D eigenvalue weighted by atomic mass is 35.5. The highest BCUT2D eigenvalue weighted by Gasteiger charge is 2.42. The van der Waals surface area contributed by atoms with Gasteiger partial charge in [0.1, 0.15) is 17.7 Å². The van der Waals surface area contributed by atoms with Crippen molar-refractivity contribution in [2.75, 3.05) is 44.7 Å². The van der Waals surface area contributed by atoms with Gasteiger partial charge in [0.15, 0.2) is 10.8 Å². The number of rotatable bonds is 8. The molecule has 0 saturated carbocycles. The molecule has 15 heteroatoms. The van der Waals surface area contributed by atoms with Crippen LogP contribution in [0.15, 0.2) is 88.5 Å². The number of esters is 1. The normalized spacial score (nSPS) is 19.3. The summed E-state index contributed by atoms with van der Waals surface area (Å²) in [6.07, 6.45) is 1.65. The van der Waals surface area contributed by atoms with Gasteiger partial charge in [-0.05, 0) is 42.0 Å².